The SMILES string of the molecule is CCOC(=O)c1ccc(C(=O)OCC)c(S(=O)(=O)O)c1. The molecule has 0 aromatic heterocycles. The highest BCUT2D eigenvalue weighted by Gasteiger charge is 2.23. The van der Waals surface area contributed by atoms with Gasteiger partial charge in [-0.15, -0.1) is 0 Å². The Labute approximate surface area is 116 Å². The first kappa shape index (κ1) is 16.1. The van der Waals surface area contributed by atoms with Crippen LogP contribution in [0.4, 0.5) is 0 Å². The van der Waals surface area contributed by atoms with Crippen molar-refractivity contribution < 1.29 is 32.0 Å². The van der Waals surface area contributed by atoms with Crippen LogP contribution in [0, 0.1) is 0 Å². The summed E-state index contributed by atoms with van der Waals surface area (Å²) < 4.78 is 41.1. The molecule has 0 unspecified atom stereocenters. The molecule has 0 fully saturated rings. The van der Waals surface area contributed by atoms with Gasteiger partial charge in [0.1, 0.15) is 4.90 Å². The van der Waals surface area contributed by atoms with Crippen molar-refractivity contribution in [3.63, 3.8) is 0 Å². The predicted octanol–water partition coefficient (Wildman–Crippen LogP) is 1.29. The molecule has 8 heteroatoms. The number of hydrogen-bond acceptors (Lipinski definition) is 6. The second-order valence-corrected chi connectivity index (χ2v) is 5.02. The van der Waals surface area contributed by atoms with Gasteiger partial charge in [-0.2, -0.15) is 8.42 Å². The zero-order valence-corrected chi connectivity index (χ0v) is 11.8. The van der Waals surface area contributed by atoms with Crippen molar-refractivity contribution in [1.29, 1.82) is 0 Å². The van der Waals surface area contributed by atoms with Gasteiger partial charge < -0.3 is 9.47 Å². The van der Waals surface area contributed by atoms with Crippen LogP contribution in [0.5, 0.6) is 0 Å². The Kier molecular flexibility index (Phi) is 5.23. The smallest absolute Gasteiger partial charge is 0.339 e. The van der Waals surface area contributed by atoms with E-state index in [4.69, 9.17) is 9.29 Å². The van der Waals surface area contributed by atoms with Crippen molar-refractivity contribution in [3.05, 3.63) is 29.3 Å². The fourth-order valence-electron chi connectivity index (χ4n) is 1.45. The van der Waals surface area contributed by atoms with Crippen LogP contribution in [-0.2, 0) is 19.6 Å². The van der Waals surface area contributed by atoms with E-state index in [1.54, 1.807) is 13.8 Å². The summed E-state index contributed by atoms with van der Waals surface area (Å²) in [5.74, 6) is -1.66. The molecule has 0 bridgehead atoms. The molecular weight excluding hydrogens is 288 g/mol. The zero-order chi connectivity index (χ0) is 15.3. The van der Waals surface area contributed by atoms with Crippen molar-refractivity contribution in [1.82, 2.24) is 0 Å². The molecule has 0 radical (unpaired) electrons. The Morgan fingerprint density at radius 1 is 1.10 bits per heavy atom. The normalized spacial score (nSPS) is 10.9. The average molecular weight is 302 g/mol. The molecule has 0 atom stereocenters. The summed E-state index contributed by atoms with van der Waals surface area (Å²) in [4.78, 5) is 22.4. The van der Waals surface area contributed by atoms with Crippen LogP contribution in [0.2, 0.25) is 0 Å². The topological polar surface area (TPSA) is 107 Å². The second kappa shape index (κ2) is 6.49. The molecule has 0 amide bonds. The maximum atomic E-state index is 11.6. The molecule has 0 aliphatic heterocycles. The number of carbonyl (C=O) groups is 2. The molecule has 110 valence electrons. The summed E-state index contributed by atoms with van der Waals surface area (Å²) >= 11 is 0. The third-order valence-corrected chi connectivity index (χ3v) is 3.16. The molecular formula is C12H14O7S. The van der Waals surface area contributed by atoms with E-state index in [1.807, 2.05) is 0 Å². The Morgan fingerprint density at radius 2 is 1.65 bits per heavy atom. The summed E-state index contributed by atoms with van der Waals surface area (Å²) in [6, 6.07) is 3.19. The lowest BCUT2D eigenvalue weighted by Crippen LogP contribution is -2.14. The summed E-state index contributed by atoms with van der Waals surface area (Å²) in [7, 11) is -4.68. The van der Waals surface area contributed by atoms with Crippen molar-refractivity contribution in [3.8, 4) is 0 Å². The highest BCUT2D eigenvalue weighted by molar-refractivity contribution is 7.86. The number of carbonyl (C=O) groups excluding carboxylic acids is 2. The fourth-order valence-corrected chi connectivity index (χ4v) is 2.16. The van der Waals surface area contributed by atoms with Crippen molar-refractivity contribution in [2.24, 2.45) is 0 Å². The lowest BCUT2D eigenvalue weighted by Gasteiger charge is -2.08. The second-order valence-electron chi connectivity index (χ2n) is 3.63. The Balaban J connectivity index is 3.35. The van der Waals surface area contributed by atoms with Crippen LogP contribution in [0.3, 0.4) is 0 Å². The summed E-state index contributed by atoms with van der Waals surface area (Å²) in [6.45, 7) is 3.30. The lowest BCUT2D eigenvalue weighted by atomic mass is 10.1. The maximum absolute atomic E-state index is 11.6. The molecule has 1 N–H and O–H groups in total. The van der Waals surface area contributed by atoms with Gasteiger partial charge in [0.25, 0.3) is 10.1 Å². The minimum Gasteiger partial charge on any atom is -0.462 e. The van der Waals surface area contributed by atoms with Gasteiger partial charge >= 0.3 is 11.9 Å². The van der Waals surface area contributed by atoms with E-state index in [9.17, 15) is 18.0 Å². The van der Waals surface area contributed by atoms with Crippen LogP contribution in [0.15, 0.2) is 23.1 Å². The number of hydrogen-bond donors (Lipinski definition) is 1. The molecule has 0 saturated carbocycles. The Morgan fingerprint density at radius 3 is 2.15 bits per heavy atom. The number of ether oxygens (including phenoxy) is 2. The molecule has 20 heavy (non-hydrogen) atoms. The standard InChI is InChI=1S/C12H14O7S/c1-3-18-11(13)8-5-6-9(12(14)19-4-2)10(7-8)20(15,16)17/h5-7H,3-4H2,1-2H3,(H,15,16,17). The van der Waals surface area contributed by atoms with Crippen molar-refractivity contribution in [2.75, 3.05) is 13.2 Å². The van der Waals surface area contributed by atoms with E-state index >= 15 is 0 Å². The van der Waals surface area contributed by atoms with E-state index in [0.29, 0.717) is 0 Å². The summed E-state index contributed by atoms with van der Waals surface area (Å²) in [6.07, 6.45) is 0. The van der Waals surface area contributed by atoms with Gasteiger partial charge in [0.05, 0.1) is 24.3 Å². The quantitative estimate of drug-likeness (QED) is 0.645. The third kappa shape index (κ3) is 3.78. The first-order valence-corrected chi connectivity index (χ1v) is 7.21. The largest absolute Gasteiger partial charge is 0.462 e. The average Bonchev–Trinajstić information content (AvgIpc) is 2.37. The molecule has 0 spiro atoms. The van der Waals surface area contributed by atoms with Gasteiger partial charge in [-0.3, -0.25) is 4.55 Å². The van der Waals surface area contributed by atoms with E-state index in [-0.39, 0.29) is 24.3 Å². The van der Waals surface area contributed by atoms with Gasteiger partial charge in [0.15, 0.2) is 0 Å². The molecule has 0 aliphatic rings. The molecule has 0 aliphatic carbocycles. The first-order valence-electron chi connectivity index (χ1n) is 5.77. The van der Waals surface area contributed by atoms with Crippen LogP contribution < -0.4 is 0 Å². The van der Waals surface area contributed by atoms with Gasteiger partial charge in [0, 0.05) is 0 Å². The van der Waals surface area contributed by atoms with Crippen LogP contribution in [0.25, 0.3) is 0 Å². The third-order valence-electron chi connectivity index (χ3n) is 2.27. The van der Waals surface area contributed by atoms with Crippen molar-refractivity contribution >= 4 is 22.1 Å². The van der Waals surface area contributed by atoms with Gasteiger partial charge in [-0.25, -0.2) is 9.59 Å². The summed E-state index contributed by atoms with van der Waals surface area (Å²) in [5.41, 5.74) is -0.435. The van der Waals surface area contributed by atoms with E-state index in [2.05, 4.69) is 4.74 Å². The highest BCUT2D eigenvalue weighted by atomic mass is 32.2. The summed E-state index contributed by atoms with van der Waals surface area (Å²) in [5, 5.41) is 0. The van der Waals surface area contributed by atoms with Crippen LogP contribution in [0.1, 0.15) is 34.6 Å². The van der Waals surface area contributed by atoms with Crippen LogP contribution >= 0.6 is 0 Å². The molecule has 0 heterocycles. The highest BCUT2D eigenvalue weighted by Crippen LogP contribution is 2.19. The molecule has 0 saturated heterocycles. The van der Waals surface area contributed by atoms with Gasteiger partial charge in [0.2, 0.25) is 0 Å². The zero-order valence-electron chi connectivity index (χ0n) is 11.0. The lowest BCUT2D eigenvalue weighted by molar-refractivity contribution is 0.0507. The minimum atomic E-state index is -4.68. The minimum absolute atomic E-state index is 0.0450. The number of rotatable bonds is 5. The monoisotopic (exact) mass is 302 g/mol. The van der Waals surface area contributed by atoms with Crippen molar-refractivity contribution in [2.45, 2.75) is 18.7 Å². The van der Waals surface area contributed by atoms with Crippen LogP contribution in [-0.4, -0.2) is 38.1 Å². The Hall–Kier alpha value is -1.93. The van der Waals surface area contributed by atoms with Gasteiger partial charge in [-0.05, 0) is 32.0 Å². The molecule has 1 aromatic rings. The van der Waals surface area contributed by atoms with E-state index < -0.39 is 27.0 Å². The number of esters is 2. The van der Waals surface area contributed by atoms with E-state index in [1.165, 1.54) is 6.07 Å². The number of benzene rings is 1. The predicted molar refractivity (Wildman–Crippen MR) is 68.2 cm³/mol. The molecule has 7 nitrogen and oxygen atoms in total. The Bertz CT molecular complexity index is 619. The van der Waals surface area contributed by atoms with E-state index in [0.717, 1.165) is 12.1 Å². The maximum Gasteiger partial charge on any atom is 0.339 e. The first-order chi connectivity index (χ1) is 9.31. The van der Waals surface area contributed by atoms with Gasteiger partial charge in [-0.1, -0.05) is 0 Å². The fraction of sp³-hybridized carbons (Fsp3) is 0.333. The molecule has 1 aromatic carbocycles. The molecule has 1 rings (SSSR count).